The van der Waals surface area contributed by atoms with E-state index in [0.717, 1.165) is 44.2 Å². The number of para-hydroxylation sites is 2. The number of ether oxygens (including phenoxy) is 3. The van der Waals surface area contributed by atoms with Crippen molar-refractivity contribution in [3.8, 4) is 5.75 Å². The first-order valence-corrected chi connectivity index (χ1v) is 11.4. The molecule has 3 aliphatic rings. The molecular formula is C19H28N2O5S. The van der Waals surface area contributed by atoms with E-state index in [4.69, 9.17) is 14.2 Å². The Hall–Kier alpha value is -1.35. The van der Waals surface area contributed by atoms with E-state index in [9.17, 15) is 8.42 Å². The maximum Gasteiger partial charge on any atom is 0.170 e. The zero-order valence-corrected chi connectivity index (χ0v) is 16.6. The van der Waals surface area contributed by atoms with Crippen molar-refractivity contribution in [2.75, 3.05) is 62.8 Å². The monoisotopic (exact) mass is 396 g/mol. The second kappa shape index (κ2) is 7.58. The normalized spacial score (nSPS) is 27.7. The molecule has 0 saturated carbocycles. The number of piperazine rings is 1. The average Bonchev–Trinajstić information content (AvgIpc) is 3.08. The predicted octanol–water partition coefficient (Wildman–Crippen LogP) is 1.14. The van der Waals surface area contributed by atoms with Crippen molar-refractivity contribution in [1.82, 2.24) is 4.90 Å². The van der Waals surface area contributed by atoms with Crippen LogP contribution in [0.25, 0.3) is 0 Å². The highest BCUT2D eigenvalue weighted by Gasteiger charge is 2.46. The largest absolute Gasteiger partial charge is 0.495 e. The molecule has 3 fully saturated rings. The minimum atomic E-state index is -2.92. The van der Waals surface area contributed by atoms with Gasteiger partial charge >= 0.3 is 0 Å². The van der Waals surface area contributed by atoms with Crippen molar-refractivity contribution < 1.29 is 22.6 Å². The highest BCUT2D eigenvalue weighted by molar-refractivity contribution is 7.91. The van der Waals surface area contributed by atoms with Crippen LogP contribution in [-0.2, 0) is 19.3 Å². The van der Waals surface area contributed by atoms with Crippen LogP contribution in [0.15, 0.2) is 24.3 Å². The number of methoxy groups -OCH3 is 1. The summed E-state index contributed by atoms with van der Waals surface area (Å²) < 4.78 is 40.9. The fourth-order valence-corrected chi connectivity index (χ4v) is 5.62. The molecule has 0 amide bonds. The predicted molar refractivity (Wildman–Crippen MR) is 103 cm³/mol. The van der Waals surface area contributed by atoms with Crippen LogP contribution < -0.4 is 9.64 Å². The number of hydrogen-bond donors (Lipinski definition) is 0. The molecule has 3 aliphatic heterocycles. The maximum absolute atomic E-state index is 11.6. The Labute approximate surface area is 161 Å². The summed E-state index contributed by atoms with van der Waals surface area (Å²) in [7, 11) is -1.21. The summed E-state index contributed by atoms with van der Waals surface area (Å²) in [6.07, 6.45) is 0.921. The Balaban J connectivity index is 1.28. The number of rotatable bonds is 4. The zero-order chi connectivity index (χ0) is 18.9. The molecule has 1 atom stereocenters. The van der Waals surface area contributed by atoms with Crippen LogP contribution >= 0.6 is 0 Å². The summed E-state index contributed by atoms with van der Waals surface area (Å²) in [5.41, 5.74) is 1.14. The molecule has 0 bridgehead atoms. The van der Waals surface area contributed by atoms with Gasteiger partial charge in [-0.25, -0.2) is 8.42 Å². The first kappa shape index (κ1) is 19.0. The lowest BCUT2D eigenvalue weighted by Crippen LogP contribution is -2.49. The molecular weight excluding hydrogens is 368 g/mol. The molecule has 8 heteroatoms. The van der Waals surface area contributed by atoms with E-state index in [1.807, 2.05) is 18.2 Å². The van der Waals surface area contributed by atoms with Gasteiger partial charge in [-0.3, -0.25) is 4.90 Å². The van der Waals surface area contributed by atoms with Gasteiger partial charge in [-0.2, -0.15) is 0 Å². The highest BCUT2D eigenvalue weighted by Crippen LogP contribution is 2.35. The lowest BCUT2D eigenvalue weighted by molar-refractivity contribution is -0.174. The number of benzene rings is 1. The molecule has 150 valence electrons. The first-order chi connectivity index (χ1) is 13.0. The third-order valence-corrected chi connectivity index (χ3v) is 7.41. The van der Waals surface area contributed by atoms with Gasteiger partial charge in [0.05, 0.1) is 37.0 Å². The van der Waals surface area contributed by atoms with Crippen molar-refractivity contribution in [2.24, 2.45) is 0 Å². The molecule has 1 aromatic carbocycles. The average molecular weight is 397 g/mol. The van der Waals surface area contributed by atoms with Crippen molar-refractivity contribution in [2.45, 2.75) is 24.7 Å². The van der Waals surface area contributed by atoms with E-state index in [-0.39, 0.29) is 17.6 Å². The summed E-state index contributed by atoms with van der Waals surface area (Å²) in [4.78, 5) is 4.76. The molecule has 0 aliphatic carbocycles. The molecule has 3 heterocycles. The van der Waals surface area contributed by atoms with Gasteiger partial charge in [0.15, 0.2) is 15.6 Å². The lowest BCUT2D eigenvalue weighted by Gasteiger charge is -2.37. The SMILES string of the molecule is COc1ccccc1N1CCN(CC2COC3(CCS(=O)(=O)CC3)O2)CC1. The summed E-state index contributed by atoms with van der Waals surface area (Å²) >= 11 is 0. The van der Waals surface area contributed by atoms with Gasteiger partial charge < -0.3 is 19.1 Å². The van der Waals surface area contributed by atoms with E-state index in [1.165, 1.54) is 0 Å². The quantitative estimate of drug-likeness (QED) is 0.756. The third kappa shape index (κ3) is 4.23. The van der Waals surface area contributed by atoms with Gasteiger partial charge in [0, 0.05) is 45.6 Å². The minimum absolute atomic E-state index is 0.0172. The number of anilines is 1. The molecule has 1 spiro atoms. The summed E-state index contributed by atoms with van der Waals surface area (Å²) in [6.45, 7) is 5.17. The van der Waals surface area contributed by atoms with Crippen LogP contribution in [0.5, 0.6) is 5.75 Å². The Morgan fingerprint density at radius 1 is 1.15 bits per heavy atom. The molecule has 1 unspecified atom stereocenters. The summed E-state index contributed by atoms with van der Waals surface area (Å²) in [6, 6.07) is 8.12. The molecule has 1 aromatic rings. The van der Waals surface area contributed by atoms with Crippen molar-refractivity contribution in [1.29, 1.82) is 0 Å². The Bertz CT molecular complexity index is 747. The van der Waals surface area contributed by atoms with Crippen molar-refractivity contribution >= 4 is 15.5 Å². The smallest absolute Gasteiger partial charge is 0.170 e. The summed E-state index contributed by atoms with van der Waals surface area (Å²) in [5, 5.41) is 0. The molecule has 4 rings (SSSR count). The minimum Gasteiger partial charge on any atom is -0.495 e. The van der Waals surface area contributed by atoms with Crippen LogP contribution in [0, 0.1) is 0 Å². The van der Waals surface area contributed by atoms with Crippen molar-refractivity contribution in [3.63, 3.8) is 0 Å². The number of hydrogen-bond acceptors (Lipinski definition) is 7. The van der Waals surface area contributed by atoms with Gasteiger partial charge in [-0.15, -0.1) is 0 Å². The third-order valence-electron chi connectivity index (χ3n) is 5.76. The fourth-order valence-electron chi connectivity index (χ4n) is 4.17. The van der Waals surface area contributed by atoms with E-state index in [1.54, 1.807) is 7.11 Å². The van der Waals surface area contributed by atoms with Gasteiger partial charge in [0.25, 0.3) is 0 Å². The van der Waals surface area contributed by atoms with E-state index in [2.05, 4.69) is 15.9 Å². The molecule has 7 nitrogen and oxygen atoms in total. The van der Waals surface area contributed by atoms with Gasteiger partial charge in [-0.1, -0.05) is 12.1 Å². The van der Waals surface area contributed by atoms with Gasteiger partial charge in [-0.05, 0) is 12.1 Å². The van der Waals surface area contributed by atoms with Crippen LogP contribution in [0.4, 0.5) is 5.69 Å². The Morgan fingerprint density at radius 3 is 2.56 bits per heavy atom. The Morgan fingerprint density at radius 2 is 1.85 bits per heavy atom. The van der Waals surface area contributed by atoms with Crippen LogP contribution in [0.2, 0.25) is 0 Å². The Kier molecular flexibility index (Phi) is 5.33. The highest BCUT2D eigenvalue weighted by atomic mass is 32.2. The number of sulfone groups is 1. The second-order valence-corrected chi connectivity index (χ2v) is 9.88. The van der Waals surface area contributed by atoms with Crippen LogP contribution in [0.3, 0.4) is 0 Å². The van der Waals surface area contributed by atoms with E-state index >= 15 is 0 Å². The van der Waals surface area contributed by atoms with Crippen LogP contribution in [0.1, 0.15) is 12.8 Å². The van der Waals surface area contributed by atoms with Crippen molar-refractivity contribution in [3.05, 3.63) is 24.3 Å². The number of nitrogens with zero attached hydrogens (tertiary/aromatic N) is 2. The summed E-state index contributed by atoms with van der Waals surface area (Å²) in [5.74, 6) is 0.566. The van der Waals surface area contributed by atoms with E-state index < -0.39 is 15.6 Å². The molecule has 0 radical (unpaired) electrons. The topological polar surface area (TPSA) is 68.3 Å². The fraction of sp³-hybridized carbons (Fsp3) is 0.684. The second-order valence-electron chi connectivity index (χ2n) is 7.57. The van der Waals surface area contributed by atoms with E-state index in [0.29, 0.717) is 19.4 Å². The van der Waals surface area contributed by atoms with Gasteiger partial charge in [0.1, 0.15) is 5.75 Å². The maximum atomic E-state index is 11.6. The molecule has 0 N–H and O–H groups in total. The lowest BCUT2D eigenvalue weighted by atomic mass is 10.1. The zero-order valence-electron chi connectivity index (χ0n) is 15.8. The molecule has 3 saturated heterocycles. The van der Waals surface area contributed by atoms with Gasteiger partial charge in [0.2, 0.25) is 0 Å². The standard InChI is InChI=1S/C19H28N2O5S/c1-24-18-5-3-2-4-17(18)21-10-8-20(9-11-21)14-16-15-25-19(26-16)6-12-27(22,23)13-7-19/h2-5,16H,6-15H2,1H3. The first-order valence-electron chi connectivity index (χ1n) is 9.61. The molecule has 0 aromatic heterocycles. The molecule has 27 heavy (non-hydrogen) atoms. The van der Waals surface area contributed by atoms with Crippen LogP contribution in [-0.4, -0.2) is 83.2 Å².